The van der Waals surface area contributed by atoms with Crippen LogP contribution in [0.4, 0.5) is 0 Å². The first kappa shape index (κ1) is 15.4. The first-order valence-electron chi connectivity index (χ1n) is 7.47. The van der Waals surface area contributed by atoms with Crippen molar-refractivity contribution in [1.82, 2.24) is 4.90 Å². The molecule has 1 aromatic carbocycles. The number of hydrogen-bond donors (Lipinski definition) is 2. The van der Waals surface area contributed by atoms with E-state index in [0.717, 1.165) is 25.9 Å². The number of nitrogens with zero attached hydrogens (tertiary/aromatic N) is 1. The summed E-state index contributed by atoms with van der Waals surface area (Å²) < 4.78 is 5.61. The monoisotopic (exact) mass is 278 g/mol. The van der Waals surface area contributed by atoms with Crippen molar-refractivity contribution in [3.8, 4) is 0 Å². The third kappa shape index (κ3) is 4.03. The van der Waals surface area contributed by atoms with Crippen molar-refractivity contribution < 1.29 is 9.84 Å². The van der Waals surface area contributed by atoms with Gasteiger partial charge in [-0.15, -0.1) is 0 Å². The second-order valence-electron chi connectivity index (χ2n) is 5.49. The molecule has 4 nitrogen and oxygen atoms in total. The standard InChI is InChI=1S/C16H26N2O2/c1-13-2-4-14(5-3-13)16(12-17)18-8-6-15(7-9-18)20-11-10-19/h2-5,15-16,19H,6-12,17H2,1H3. The van der Waals surface area contributed by atoms with Crippen LogP contribution in [-0.2, 0) is 4.74 Å². The molecule has 1 saturated heterocycles. The topological polar surface area (TPSA) is 58.7 Å². The first-order valence-corrected chi connectivity index (χ1v) is 7.47. The van der Waals surface area contributed by atoms with Crippen LogP contribution in [0.15, 0.2) is 24.3 Å². The van der Waals surface area contributed by atoms with E-state index < -0.39 is 0 Å². The predicted molar refractivity (Wildman–Crippen MR) is 80.6 cm³/mol. The van der Waals surface area contributed by atoms with Gasteiger partial charge in [-0.05, 0) is 25.3 Å². The van der Waals surface area contributed by atoms with Crippen LogP contribution in [0, 0.1) is 6.92 Å². The fourth-order valence-corrected chi connectivity index (χ4v) is 2.86. The maximum Gasteiger partial charge on any atom is 0.0701 e. The van der Waals surface area contributed by atoms with Gasteiger partial charge in [0.1, 0.15) is 0 Å². The van der Waals surface area contributed by atoms with E-state index in [-0.39, 0.29) is 12.7 Å². The van der Waals surface area contributed by atoms with Gasteiger partial charge >= 0.3 is 0 Å². The molecule has 4 heteroatoms. The van der Waals surface area contributed by atoms with Crippen molar-refractivity contribution in [2.24, 2.45) is 5.73 Å². The van der Waals surface area contributed by atoms with Gasteiger partial charge in [0.05, 0.1) is 19.3 Å². The van der Waals surface area contributed by atoms with Gasteiger partial charge in [0, 0.05) is 25.7 Å². The summed E-state index contributed by atoms with van der Waals surface area (Å²) in [6.07, 6.45) is 2.32. The Balaban J connectivity index is 1.91. The van der Waals surface area contributed by atoms with E-state index in [2.05, 4.69) is 36.1 Å². The highest BCUT2D eigenvalue weighted by atomic mass is 16.5. The van der Waals surface area contributed by atoms with Crippen LogP contribution in [0.5, 0.6) is 0 Å². The summed E-state index contributed by atoms with van der Waals surface area (Å²) in [6, 6.07) is 8.96. The zero-order valence-electron chi connectivity index (χ0n) is 12.3. The average molecular weight is 278 g/mol. The molecule has 112 valence electrons. The summed E-state index contributed by atoms with van der Waals surface area (Å²) in [6.45, 7) is 5.31. The van der Waals surface area contributed by atoms with Crippen LogP contribution in [0.3, 0.4) is 0 Å². The number of aryl methyl sites for hydroxylation is 1. The SMILES string of the molecule is Cc1ccc(C(CN)N2CCC(OCCO)CC2)cc1. The molecule has 1 aliphatic heterocycles. The molecule has 0 aliphatic carbocycles. The molecule has 0 saturated carbocycles. The molecule has 3 N–H and O–H groups in total. The highest BCUT2D eigenvalue weighted by Crippen LogP contribution is 2.25. The fraction of sp³-hybridized carbons (Fsp3) is 0.625. The number of benzene rings is 1. The van der Waals surface area contributed by atoms with Gasteiger partial charge in [0.2, 0.25) is 0 Å². The van der Waals surface area contributed by atoms with Crippen molar-refractivity contribution in [1.29, 1.82) is 0 Å². The van der Waals surface area contributed by atoms with Gasteiger partial charge in [-0.25, -0.2) is 0 Å². The molecular weight excluding hydrogens is 252 g/mol. The van der Waals surface area contributed by atoms with E-state index in [4.69, 9.17) is 15.6 Å². The van der Waals surface area contributed by atoms with Crippen LogP contribution in [0.1, 0.15) is 30.0 Å². The summed E-state index contributed by atoms with van der Waals surface area (Å²) in [5, 5.41) is 8.79. The van der Waals surface area contributed by atoms with E-state index in [0.29, 0.717) is 19.2 Å². The number of piperidine rings is 1. The van der Waals surface area contributed by atoms with Gasteiger partial charge in [-0.1, -0.05) is 29.8 Å². The Bertz CT molecular complexity index is 386. The van der Waals surface area contributed by atoms with Crippen molar-refractivity contribution in [2.45, 2.75) is 31.9 Å². The smallest absolute Gasteiger partial charge is 0.0701 e. The van der Waals surface area contributed by atoms with Crippen LogP contribution in [-0.4, -0.2) is 49.0 Å². The Labute approximate surface area is 121 Å². The normalized spacial score (nSPS) is 19.1. The van der Waals surface area contributed by atoms with Gasteiger partial charge in [-0.2, -0.15) is 0 Å². The summed E-state index contributed by atoms with van der Waals surface area (Å²) in [5.74, 6) is 0. The second-order valence-corrected chi connectivity index (χ2v) is 5.49. The molecule has 1 heterocycles. The predicted octanol–water partition coefficient (Wildman–Crippen LogP) is 1.47. The third-order valence-corrected chi connectivity index (χ3v) is 4.05. The summed E-state index contributed by atoms with van der Waals surface area (Å²) in [4.78, 5) is 2.45. The maximum absolute atomic E-state index is 8.79. The Morgan fingerprint density at radius 3 is 2.50 bits per heavy atom. The number of nitrogens with two attached hydrogens (primary N) is 1. The van der Waals surface area contributed by atoms with E-state index in [1.165, 1.54) is 11.1 Å². The lowest BCUT2D eigenvalue weighted by atomic mass is 9.99. The minimum Gasteiger partial charge on any atom is -0.394 e. The van der Waals surface area contributed by atoms with Crippen LogP contribution >= 0.6 is 0 Å². The van der Waals surface area contributed by atoms with E-state index in [1.54, 1.807) is 0 Å². The molecule has 1 fully saturated rings. The number of likely N-dealkylation sites (tertiary alicyclic amines) is 1. The highest BCUT2D eigenvalue weighted by Gasteiger charge is 2.25. The lowest BCUT2D eigenvalue weighted by molar-refractivity contribution is -0.0148. The molecule has 0 radical (unpaired) electrons. The Hall–Kier alpha value is -0.940. The Kier molecular flexibility index (Phi) is 5.98. The third-order valence-electron chi connectivity index (χ3n) is 4.05. The van der Waals surface area contributed by atoms with Gasteiger partial charge in [0.15, 0.2) is 0 Å². The highest BCUT2D eigenvalue weighted by molar-refractivity contribution is 5.24. The zero-order valence-corrected chi connectivity index (χ0v) is 12.3. The molecule has 1 unspecified atom stereocenters. The van der Waals surface area contributed by atoms with Gasteiger partial charge in [0.25, 0.3) is 0 Å². The van der Waals surface area contributed by atoms with Gasteiger partial charge < -0.3 is 15.6 Å². The molecule has 0 bridgehead atoms. The van der Waals surface area contributed by atoms with Crippen LogP contribution in [0.2, 0.25) is 0 Å². The largest absolute Gasteiger partial charge is 0.394 e. The van der Waals surface area contributed by atoms with Crippen LogP contribution < -0.4 is 5.73 Å². The second kappa shape index (κ2) is 7.74. The minimum atomic E-state index is 0.106. The minimum absolute atomic E-state index is 0.106. The number of rotatable bonds is 6. The quantitative estimate of drug-likeness (QED) is 0.827. The summed E-state index contributed by atoms with van der Waals surface area (Å²) in [7, 11) is 0. The molecule has 1 aromatic rings. The molecule has 0 spiro atoms. The molecular formula is C16H26N2O2. The maximum atomic E-state index is 8.79. The van der Waals surface area contributed by atoms with Crippen molar-refractivity contribution in [3.05, 3.63) is 35.4 Å². The molecule has 2 rings (SSSR count). The van der Waals surface area contributed by atoms with Crippen molar-refractivity contribution in [2.75, 3.05) is 32.8 Å². The molecule has 1 aliphatic rings. The Morgan fingerprint density at radius 2 is 1.95 bits per heavy atom. The number of hydrogen-bond acceptors (Lipinski definition) is 4. The van der Waals surface area contributed by atoms with E-state index >= 15 is 0 Å². The summed E-state index contributed by atoms with van der Waals surface area (Å²) in [5.41, 5.74) is 8.56. The zero-order chi connectivity index (χ0) is 14.4. The summed E-state index contributed by atoms with van der Waals surface area (Å²) >= 11 is 0. The van der Waals surface area contributed by atoms with Crippen molar-refractivity contribution in [3.63, 3.8) is 0 Å². The lowest BCUT2D eigenvalue weighted by Gasteiger charge is -2.37. The lowest BCUT2D eigenvalue weighted by Crippen LogP contribution is -2.42. The molecule has 0 amide bonds. The molecule has 20 heavy (non-hydrogen) atoms. The molecule has 0 aromatic heterocycles. The number of ether oxygens (including phenoxy) is 1. The van der Waals surface area contributed by atoms with Crippen LogP contribution in [0.25, 0.3) is 0 Å². The number of aliphatic hydroxyl groups is 1. The van der Waals surface area contributed by atoms with Gasteiger partial charge in [-0.3, -0.25) is 4.90 Å². The van der Waals surface area contributed by atoms with Crippen molar-refractivity contribution >= 4 is 0 Å². The van der Waals surface area contributed by atoms with E-state index in [1.807, 2.05) is 0 Å². The van der Waals surface area contributed by atoms with E-state index in [9.17, 15) is 0 Å². The number of aliphatic hydroxyl groups excluding tert-OH is 1. The average Bonchev–Trinajstić information content (AvgIpc) is 2.49. The molecule has 1 atom stereocenters. The first-order chi connectivity index (χ1) is 9.74. The fourth-order valence-electron chi connectivity index (χ4n) is 2.86. The Morgan fingerprint density at radius 1 is 1.30 bits per heavy atom.